The van der Waals surface area contributed by atoms with Gasteiger partial charge < -0.3 is 19.9 Å². The lowest BCUT2D eigenvalue weighted by Crippen LogP contribution is -2.36. The zero-order valence-corrected chi connectivity index (χ0v) is 17.4. The van der Waals surface area contributed by atoms with Gasteiger partial charge in [-0.05, 0) is 72.7 Å². The third kappa shape index (κ3) is 4.03. The summed E-state index contributed by atoms with van der Waals surface area (Å²) < 4.78 is 4.93. The number of fused-ring (bicyclic) bond motifs is 1. The molecule has 3 aromatic rings. The smallest absolute Gasteiger partial charge is 0.328 e. The second-order valence-corrected chi connectivity index (χ2v) is 7.67. The molecule has 0 aliphatic carbocycles. The number of hydrogen-bond donors (Lipinski definition) is 2. The van der Waals surface area contributed by atoms with Crippen LogP contribution in [0.3, 0.4) is 0 Å². The number of benzene rings is 2. The number of carbonyl (C=O) groups is 1. The van der Waals surface area contributed by atoms with Crippen molar-refractivity contribution in [2.24, 2.45) is 0 Å². The fraction of sp³-hybridized carbons (Fsp3) is 0.333. The lowest BCUT2D eigenvalue weighted by Gasteiger charge is -2.25. The van der Waals surface area contributed by atoms with E-state index in [0.29, 0.717) is 12.1 Å². The summed E-state index contributed by atoms with van der Waals surface area (Å²) in [5.41, 5.74) is 4.66. The monoisotopic (exact) mass is 405 g/mol. The molecule has 6 nitrogen and oxygen atoms in total. The molecule has 30 heavy (non-hydrogen) atoms. The fourth-order valence-corrected chi connectivity index (χ4v) is 4.08. The van der Waals surface area contributed by atoms with E-state index in [1.807, 2.05) is 42.5 Å². The molecular formula is C24H27N3O3. The van der Waals surface area contributed by atoms with E-state index in [1.165, 1.54) is 12.7 Å². The average Bonchev–Trinajstić information content (AvgIpc) is 3.27. The van der Waals surface area contributed by atoms with Crippen LogP contribution in [0.2, 0.25) is 0 Å². The van der Waals surface area contributed by atoms with E-state index in [0.717, 1.165) is 48.1 Å². The third-order valence-electron chi connectivity index (χ3n) is 5.80. The molecule has 2 heterocycles. The zero-order valence-electron chi connectivity index (χ0n) is 17.4. The Morgan fingerprint density at radius 3 is 2.73 bits per heavy atom. The summed E-state index contributed by atoms with van der Waals surface area (Å²) in [6.45, 7) is 3.41. The highest BCUT2D eigenvalue weighted by atomic mass is 16.5. The molecular weight excluding hydrogens is 378 g/mol. The van der Waals surface area contributed by atoms with Crippen LogP contribution in [0.1, 0.15) is 30.9 Å². The number of aromatic amines is 1. The average molecular weight is 405 g/mol. The van der Waals surface area contributed by atoms with E-state index >= 15 is 0 Å². The van der Waals surface area contributed by atoms with Crippen LogP contribution in [0, 0.1) is 0 Å². The number of hydrogen-bond acceptors (Lipinski definition) is 5. The van der Waals surface area contributed by atoms with Gasteiger partial charge in [-0.15, -0.1) is 0 Å². The first-order valence-corrected chi connectivity index (χ1v) is 10.4. The summed E-state index contributed by atoms with van der Waals surface area (Å²) in [5.74, 6) is -0.184. The Labute approximate surface area is 175 Å². The van der Waals surface area contributed by atoms with Gasteiger partial charge in [-0.25, -0.2) is 4.79 Å². The molecule has 0 bridgehead atoms. The molecule has 0 saturated carbocycles. The summed E-state index contributed by atoms with van der Waals surface area (Å²) in [7, 11) is 1.43. The number of nitrogens with one attached hydrogen (secondary N) is 2. The number of ether oxygens (including phenoxy) is 1. The molecule has 0 amide bonds. The van der Waals surface area contributed by atoms with Crippen molar-refractivity contribution < 1.29 is 9.53 Å². The van der Waals surface area contributed by atoms with Crippen LogP contribution in [0.25, 0.3) is 10.9 Å². The van der Waals surface area contributed by atoms with Crippen molar-refractivity contribution in [1.82, 2.24) is 4.98 Å². The standard InChI is InChI=1S/C24H27N3O3/c1-3-16-6-11-21-17(13-16)14-18(23(28)26-21)15-25-19-7-9-20(10-8-19)27-12-4-5-22(27)24(29)30-2/h6-11,13-14,22,25H,3-5,12,15H2,1-2H3,(H,26,28). The van der Waals surface area contributed by atoms with Gasteiger partial charge in [0.25, 0.3) is 5.56 Å². The second kappa shape index (κ2) is 8.61. The van der Waals surface area contributed by atoms with Crippen molar-refractivity contribution in [1.29, 1.82) is 0 Å². The first-order chi connectivity index (χ1) is 14.6. The molecule has 6 heteroatoms. The second-order valence-electron chi connectivity index (χ2n) is 7.67. The molecule has 1 saturated heterocycles. The third-order valence-corrected chi connectivity index (χ3v) is 5.80. The minimum atomic E-state index is -0.210. The number of pyridine rings is 1. The van der Waals surface area contributed by atoms with E-state index < -0.39 is 0 Å². The van der Waals surface area contributed by atoms with E-state index in [4.69, 9.17) is 4.74 Å². The zero-order chi connectivity index (χ0) is 21.1. The van der Waals surface area contributed by atoms with Gasteiger partial charge in [-0.2, -0.15) is 0 Å². The Balaban J connectivity index is 1.47. The van der Waals surface area contributed by atoms with Crippen LogP contribution < -0.4 is 15.8 Å². The number of nitrogens with zero attached hydrogens (tertiary/aromatic N) is 1. The molecule has 156 valence electrons. The highest BCUT2D eigenvalue weighted by Gasteiger charge is 2.31. The Kier molecular flexibility index (Phi) is 5.74. The Morgan fingerprint density at radius 1 is 1.20 bits per heavy atom. The number of H-pyrrole nitrogens is 1. The maximum atomic E-state index is 12.4. The molecule has 4 rings (SSSR count). The van der Waals surface area contributed by atoms with Gasteiger partial charge in [-0.3, -0.25) is 4.79 Å². The summed E-state index contributed by atoms with van der Waals surface area (Å²) in [6.07, 6.45) is 2.75. The number of aromatic nitrogens is 1. The van der Waals surface area contributed by atoms with Gasteiger partial charge >= 0.3 is 5.97 Å². The predicted octanol–water partition coefficient (Wildman–Crippen LogP) is 3.84. The topological polar surface area (TPSA) is 74.4 Å². The van der Waals surface area contributed by atoms with Crippen LogP contribution in [-0.2, 0) is 22.5 Å². The molecule has 1 unspecified atom stereocenters. The summed E-state index contributed by atoms with van der Waals surface area (Å²) >= 11 is 0. The largest absolute Gasteiger partial charge is 0.467 e. The molecule has 1 atom stereocenters. The first kappa shape index (κ1) is 20.0. The minimum absolute atomic E-state index is 0.0751. The predicted molar refractivity (Wildman–Crippen MR) is 120 cm³/mol. The van der Waals surface area contributed by atoms with Crippen LogP contribution >= 0.6 is 0 Å². The summed E-state index contributed by atoms with van der Waals surface area (Å²) in [5, 5.41) is 4.37. The SMILES string of the molecule is CCc1ccc2[nH]c(=O)c(CNc3ccc(N4CCCC4C(=O)OC)cc3)cc2c1. The lowest BCUT2D eigenvalue weighted by molar-refractivity contribution is -0.141. The van der Waals surface area contributed by atoms with Crippen LogP contribution in [0.5, 0.6) is 0 Å². The van der Waals surface area contributed by atoms with Gasteiger partial charge in [0, 0.05) is 35.5 Å². The first-order valence-electron chi connectivity index (χ1n) is 10.4. The van der Waals surface area contributed by atoms with E-state index in [-0.39, 0.29) is 17.6 Å². The molecule has 2 aromatic carbocycles. The van der Waals surface area contributed by atoms with Gasteiger partial charge in [0.2, 0.25) is 0 Å². The number of anilines is 2. The number of rotatable bonds is 6. The quantitative estimate of drug-likeness (QED) is 0.610. The molecule has 1 fully saturated rings. The summed E-state index contributed by atoms with van der Waals surface area (Å²) in [6, 6.07) is 15.8. The fourth-order valence-electron chi connectivity index (χ4n) is 4.08. The van der Waals surface area contributed by atoms with Crippen LogP contribution in [0.4, 0.5) is 11.4 Å². The van der Waals surface area contributed by atoms with Crippen molar-refractivity contribution >= 4 is 28.2 Å². The Hall–Kier alpha value is -3.28. The van der Waals surface area contributed by atoms with Crippen LogP contribution in [-0.4, -0.2) is 30.6 Å². The maximum absolute atomic E-state index is 12.4. The molecule has 0 radical (unpaired) electrons. The number of methoxy groups -OCH3 is 1. The lowest BCUT2D eigenvalue weighted by atomic mass is 10.1. The van der Waals surface area contributed by atoms with Crippen molar-refractivity contribution in [2.45, 2.75) is 38.8 Å². The van der Waals surface area contributed by atoms with Gasteiger partial charge in [-0.1, -0.05) is 13.0 Å². The number of esters is 1. The Morgan fingerprint density at radius 2 is 2.00 bits per heavy atom. The molecule has 2 N–H and O–H groups in total. The van der Waals surface area contributed by atoms with E-state index in [2.05, 4.69) is 28.2 Å². The van der Waals surface area contributed by atoms with E-state index in [9.17, 15) is 9.59 Å². The van der Waals surface area contributed by atoms with Gasteiger partial charge in [0.15, 0.2) is 0 Å². The van der Waals surface area contributed by atoms with Crippen LogP contribution in [0.15, 0.2) is 53.3 Å². The number of carbonyl (C=O) groups excluding carboxylic acids is 1. The summed E-state index contributed by atoms with van der Waals surface area (Å²) in [4.78, 5) is 29.5. The minimum Gasteiger partial charge on any atom is -0.467 e. The van der Waals surface area contributed by atoms with Crippen molar-refractivity contribution in [3.05, 3.63) is 70.0 Å². The van der Waals surface area contributed by atoms with Crippen molar-refractivity contribution in [2.75, 3.05) is 23.9 Å². The Bertz CT molecular complexity index is 1100. The van der Waals surface area contributed by atoms with Gasteiger partial charge in [0.1, 0.15) is 6.04 Å². The maximum Gasteiger partial charge on any atom is 0.328 e. The van der Waals surface area contributed by atoms with E-state index in [1.54, 1.807) is 0 Å². The highest BCUT2D eigenvalue weighted by Crippen LogP contribution is 2.27. The van der Waals surface area contributed by atoms with Gasteiger partial charge in [0.05, 0.1) is 7.11 Å². The molecule has 0 spiro atoms. The normalized spacial score (nSPS) is 16.1. The van der Waals surface area contributed by atoms with Crippen molar-refractivity contribution in [3.63, 3.8) is 0 Å². The molecule has 1 aliphatic heterocycles. The molecule has 1 aliphatic rings. The van der Waals surface area contributed by atoms with Crippen molar-refractivity contribution in [3.8, 4) is 0 Å². The molecule has 1 aromatic heterocycles. The number of aryl methyl sites for hydroxylation is 1. The highest BCUT2D eigenvalue weighted by molar-refractivity contribution is 5.81.